The molecule has 1 spiro atoms. The SMILES string of the molecule is C=C1[C@@H]2CC[C@H]3C4CCCC(C)(C)C4[C@H](O)[C@H](O)[C@]34C(=O)C1(C(=O)c1ccccc1)[C@H]24. The average Bonchev–Trinajstić information content (AvgIpc) is 2.75. The lowest BCUT2D eigenvalue weighted by Crippen LogP contribution is -2.87. The number of rotatable bonds is 2. The predicted molar refractivity (Wildman–Crippen MR) is 116 cm³/mol. The molecule has 9 atom stereocenters. The van der Waals surface area contributed by atoms with Gasteiger partial charge in [0, 0.05) is 11.5 Å². The molecular weight excluding hydrogens is 388 g/mol. The molecule has 0 aliphatic heterocycles. The van der Waals surface area contributed by atoms with E-state index in [1.807, 2.05) is 18.2 Å². The Morgan fingerprint density at radius 2 is 1.81 bits per heavy atom. The lowest BCUT2D eigenvalue weighted by molar-refractivity contribution is -0.291. The minimum absolute atomic E-state index is 0.000622. The zero-order valence-corrected chi connectivity index (χ0v) is 18.4. The molecule has 0 saturated heterocycles. The number of Topliss-reactive ketones (excluding diaryl/α,β-unsaturated/α-hetero) is 2. The van der Waals surface area contributed by atoms with Crippen LogP contribution in [0.4, 0.5) is 0 Å². The summed E-state index contributed by atoms with van der Waals surface area (Å²) in [7, 11) is 0. The molecule has 4 nitrogen and oxygen atoms in total. The molecule has 0 bridgehead atoms. The van der Waals surface area contributed by atoms with Crippen LogP contribution in [0.15, 0.2) is 42.5 Å². The molecule has 5 fully saturated rings. The highest BCUT2D eigenvalue weighted by Crippen LogP contribution is 2.82. The van der Waals surface area contributed by atoms with Gasteiger partial charge in [0.25, 0.3) is 0 Å². The second-order valence-electron chi connectivity index (χ2n) is 11.6. The van der Waals surface area contributed by atoms with Gasteiger partial charge >= 0.3 is 0 Å². The number of aliphatic hydroxyl groups excluding tert-OH is 2. The molecular formula is C27H32O4. The van der Waals surface area contributed by atoms with Gasteiger partial charge in [-0.3, -0.25) is 9.59 Å². The van der Waals surface area contributed by atoms with Gasteiger partial charge in [0.2, 0.25) is 0 Å². The maximum atomic E-state index is 14.2. The summed E-state index contributed by atoms with van der Waals surface area (Å²) < 4.78 is 0. The number of hydrogen-bond acceptors (Lipinski definition) is 4. The number of carbonyl (C=O) groups excluding carboxylic acids is 2. The van der Waals surface area contributed by atoms with Gasteiger partial charge in [0.05, 0.1) is 17.6 Å². The molecule has 6 rings (SSSR count). The largest absolute Gasteiger partial charge is 0.390 e. The van der Waals surface area contributed by atoms with Gasteiger partial charge in [-0.1, -0.05) is 62.8 Å². The highest BCUT2D eigenvalue weighted by Gasteiger charge is 2.89. The first-order valence-electron chi connectivity index (χ1n) is 11.9. The van der Waals surface area contributed by atoms with E-state index in [1.165, 1.54) is 0 Å². The second kappa shape index (κ2) is 5.96. The van der Waals surface area contributed by atoms with Crippen molar-refractivity contribution < 1.29 is 19.8 Å². The molecule has 164 valence electrons. The van der Waals surface area contributed by atoms with E-state index < -0.39 is 23.0 Å². The Kier molecular flexibility index (Phi) is 3.82. The monoisotopic (exact) mass is 420 g/mol. The normalized spacial score (nSPS) is 49.1. The van der Waals surface area contributed by atoms with E-state index in [1.54, 1.807) is 12.1 Å². The van der Waals surface area contributed by atoms with E-state index in [2.05, 4.69) is 20.4 Å². The summed E-state index contributed by atoms with van der Waals surface area (Å²) in [6.07, 6.45) is 2.91. The van der Waals surface area contributed by atoms with Crippen LogP contribution in [0.25, 0.3) is 0 Å². The third-order valence-corrected chi connectivity index (χ3v) is 10.3. The topological polar surface area (TPSA) is 74.6 Å². The number of aliphatic hydroxyl groups is 2. The molecule has 0 heterocycles. The Hall–Kier alpha value is -1.78. The zero-order chi connectivity index (χ0) is 21.9. The number of benzene rings is 1. The standard InChI is InChI=1S/C27H32O4/c1-14-16-11-12-18-17-10-7-13-25(2,3)19(17)20(28)23(30)27(18)21(16)26(14,24(27)31)22(29)15-8-5-4-6-9-15/h4-6,8-9,16-21,23,28,30H,1,7,10-13H2,2-3H3/t16-,17?,18-,19?,20-,21-,23-,26?,27-/m0/s1. The average molecular weight is 421 g/mol. The van der Waals surface area contributed by atoms with Crippen molar-refractivity contribution in [1.29, 1.82) is 0 Å². The molecule has 1 aromatic carbocycles. The third-order valence-electron chi connectivity index (χ3n) is 10.3. The Labute approximate surface area is 183 Å². The van der Waals surface area contributed by atoms with Gasteiger partial charge < -0.3 is 10.2 Å². The summed E-state index contributed by atoms with van der Waals surface area (Å²) in [6.45, 7) is 8.62. The van der Waals surface area contributed by atoms with E-state index in [0.29, 0.717) is 5.56 Å². The van der Waals surface area contributed by atoms with Crippen LogP contribution >= 0.6 is 0 Å². The van der Waals surface area contributed by atoms with Crippen LogP contribution in [0.1, 0.15) is 56.3 Å². The van der Waals surface area contributed by atoms with Crippen molar-refractivity contribution in [2.24, 2.45) is 45.8 Å². The summed E-state index contributed by atoms with van der Waals surface area (Å²) in [4.78, 5) is 27.9. The van der Waals surface area contributed by atoms with Crippen molar-refractivity contribution in [3.63, 3.8) is 0 Å². The second-order valence-corrected chi connectivity index (χ2v) is 11.6. The summed E-state index contributed by atoms with van der Waals surface area (Å²) in [5.41, 5.74) is -0.956. The molecule has 5 saturated carbocycles. The van der Waals surface area contributed by atoms with Crippen molar-refractivity contribution in [1.82, 2.24) is 0 Å². The first-order chi connectivity index (χ1) is 14.7. The van der Waals surface area contributed by atoms with Crippen LogP contribution in [0.3, 0.4) is 0 Å². The maximum Gasteiger partial charge on any atom is 0.180 e. The summed E-state index contributed by atoms with van der Waals surface area (Å²) in [6, 6.07) is 9.03. The number of allylic oxidation sites excluding steroid dienone is 1. The van der Waals surface area contributed by atoms with Crippen molar-refractivity contribution >= 4 is 11.6 Å². The van der Waals surface area contributed by atoms with E-state index in [0.717, 1.165) is 37.7 Å². The van der Waals surface area contributed by atoms with Crippen LogP contribution in [-0.4, -0.2) is 34.0 Å². The molecule has 4 heteroatoms. The van der Waals surface area contributed by atoms with Crippen molar-refractivity contribution in [3.8, 4) is 0 Å². The minimum atomic E-state index is -1.19. The fraction of sp³-hybridized carbons (Fsp3) is 0.630. The summed E-state index contributed by atoms with van der Waals surface area (Å²) in [5, 5.41) is 23.0. The first-order valence-corrected chi connectivity index (χ1v) is 11.9. The van der Waals surface area contributed by atoms with Gasteiger partial charge in [0.1, 0.15) is 5.41 Å². The highest BCUT2D eigenvalue weighted by molar-refractivity contribution is 6.25. The van der Waals surface area contributed by atoms with Gasteiger partial charge in [-0.05, 0) is 54.8 Å². The fourth-order valence-electron chi connectivity index (χ4n) is 9.30. The van der Waals surface area contributed by atoms with Crippen LogP contribution in [0.2, 0.25) is 0 Å². The molecule has 2 N–H and O–H groups in total. The van der Waals surface area contributed by atoms with E-state index in [-0.39, 0.29) is 46.6 Å². The van der Waals surface area contributed by atoms with Crippen LogP contribution in [0, 0.1) is 45.8 Å². The Morgan fingerprint density at radius 1 is 1.10 bits per heavy atom. The smallest absolute Gasteiger partial charge is 0.180 e. The molecule has 5 aliphatic rings. The van der Waals surface area contributed by atoms with Crippen molar-refractivity contribution in [2.75, 3.05) is 0 Å². The Morgan fingerprint density at radius 3 is 2.52 bits per heavy atom. The van der Waals surface area contributed by atoms with Crippen molar-refractivity contribution in [2.45, 2.75) is 58.2 Å². The first kappa shape index (κ1) is 19.9. The van der Waals surface area contributed by atoms with Crippen LogP contribution < -0.4 is 0 Å². The molecule has 0 radical (unpaired) electrons. The van der Waals surface area contributed by atoms with Gasteiger partial charge in [-0.15, -0.1) is 0 Å². The van der Waals surface area contributed by atoms with Gasteiger partial charge in [-0.25, -0.2) is 0 Å². The Balaban J connectivity index is 1.47. The number of fused-ring (bicyclic) bond motifs is 2. The fourth-order valence-corrected chi connectivity index (χ4v) is 9.30. The summed E-state index contributed by atoms with van der Waals surface area (Å²) in [5.74, 6) is -0.167. The number of carbonyl (C=O) groups is 2. The molecule has 1 aromatic rings. The predicted octanol–water partition coefficient (Wildman–Crippen LogP) is 3.81. The Bertz CT molecular complexity index is 996. The quantitative estimate of drug-likeness (QED) is 0.433. The van der Waals surface area contributed by atoms with E-state index >= 15 is 0 Å². The molecule has 0 amide bonds. The van der Waals surface area contributed by atoms with Crippen LogP contribution in [0.5, 0.6) is 0 Å². The van der Waals surface area contributed by atoms with E-state index in [9.17, 15) is 19.8 Å². The molecule has 3 unspecified atom stereocenters. The third kappa shape index (κ3) is 1.93. The molecule has 5 aliphatic carbocycles. The van der Waals surface area contributed by atoms with Crippen LogP contribution in [-0.2, 0) is 4.79 Å². The highest BCUT2D eigenvalue weighted by atomic mass is 16.3. The maximum absolute atomic E-state index is 14.2. The van der Waals surface area contributed by atoms with E-state index in [4.69, 9.17) is 0 Å². The van der Waals surface area contributed by atoms with Gasteiger partial charge in [0.15, 0.2) is 11.6 Å². The van der Waals surface area contributed by atoms with Crippen molar-refractivity contribution in [3.05, 3.63) is 48.0 Å². The lowest BCUT2D eigenvalue weighted by Gasteiger charge is -2.79. The number of ketones is 2. The number of hydrogen-bond donors (Lipinski definition) is 2. The minimum Gasteiger partial charge on any atom is -0.390 e. The summed E-state index contributed by atoms with van der Waals surface area (Å²) >= 11 is 0. The zero-order valence-electron chi connectivity index (χ0n) is 18.4. The lowest BCUT2D eigenvalue weighted by atomic mass is 9.21. The molecule has 0 aromatic heterocycles. The molecule has 31 heavy (non-hydrogen) atoms. The van der Waals surface area contributed by atoms with Gasteiger partial charge in [-0.2, -0.15) is 0 Å².